The second kappa shape index (κ2) is 5.98. The van der Waals surface area contributed by atoms with E-state index in [1.54, 1.807) is 0 Å². The fraction of sp³-hybridized carbons (Fsp3) is 0.278. The molecule has 126 valence electrons. The summed E-state index contributed by atoms with van der Waals surface area (Å²) >= 11 is 0. The highest BCUT2D eigenvalue weighted by atomic mass is 16.7. The molecule has 0 aliphatic heterocycles. The third-order valence-electron chi connectivity index (χ3n) is 4.68. The molecule has 0 atom stereocenters. The normalized spacial score (nSPS) is 14.7. The summed E-state index contributed by atoms with van der Waals surface area (Å²) in [5.74, 6) is 0.150. The summed E-state index contributed by atoms with van der Waals surface area (Å²) in [4.78, 5) is 10.6. The van der Waals surface area contributed by atoms with Gasteiger partial charge in [0.05, 0.1) is 23.6 Å². The van der Waals surface area contributed by atoms with Crippen LogP contribution in [0.4, 0.5) is 4.79 Å². The molecule has 0 spiro atoms. The van der Waals surface area contributed by atoms with Crippen molar-refractivity contribution >= 4 is 17.1 Å². The third-order valence-corrected chi connectivity index (χ3v) is 4.68. The third kappa shape index (κ3) is 2.72. The van der Waals surface area contributed by atoms with Crippen molar-refractivity contribution in [1.29, 1.82) is 5.26 Å². The Morgan fingerprint density at radius 3 is 2.84 bits per heavy atom. The van der Waals surface area contributed by atoms with Gasteiger partial charge in [-0.25, -0.2) is 9.48 Å². The Morgan fingerprint density at radius 1 is 1.32 bits per heavy atom. The molecule has 1 N–H and O–H groups in total. The lowest BCUT2D eigenvalue weighted by Crippen LogP contribution is -2.03. The minimum Gasteiger partial charge on any atom is -0.449 e. The first-order valence-electron chi connectivity index (χ1n) is 8.16. The minimum absolute atomic E-state index is 0.150. The van der Waals surface area contributed by atoms with Crippen molar-refractivity contribution in [3.8, 4) is 17.5 Å². The first kappa shape index (κ1) is 15.3. The van der Waals surface area contributed by atoms with Crippen molar-refractivity contribution in [3.05, 3.63) is 42.4 Å². The number of hydrogen-bond donors (Lipinski definition) is 1. The van der Waals surface area contributed by atoms with E-state index in [0.29, 0.717) is 11.6 Å². The molecule has 0 unspecified atom stereocenters. The molecule has 1 aliphatic carbocycles. The molecular formula is C18H16N4O3. The van der Waals surface area contributed by atoms with Gasteiger partial charge in [0.15, 0.2) is 5.75 Å². The molecule has 0 saturated heterocycles. The van der Waals surface area contributed by atoms with Gasteiger partial charge in [0, 0.05) is 23.1 Å². The zero-order chi connectivity index (χ0) is 17.4. The lowest BCUT2D eigenvalue weighted by molar-refractivity contribution is 0.144. The summed E-state index contributed by atoms with van der Waals surface area (Å²) in [6, 6.07) is 8.52. The number of ether oxygens (including phenoxy) is 1. The maximum Gasteiger partial charge on any atom is 0.511 e. The fourth-order valence-corrected chi connectivity index (χ4v) is 3.56. The Balaban J connectivity index is 1.76. The van der Waals surface area contributed by atoms with Gasteiger partial charge in [-0.3, -0.25) is 0 Å². The van der Waals surface area contributed by atoms with E-state index in [1.165, 1.54) is 29.9 Å². The highest BCUT2D eigenvalue weighted by molar-refractivity contribution is 5.88. The predicted octanol–water partition coefficient (Wildman–Crippen LogP) is 3.87. The topological polar surface area (TPSA) is 93.1 Å². The van der Waals surface area contributed by atoms with Crippen LogP contribution in [0, 0.1) is 11.3 Å². The van der Waals surface area contributed by atoms with E-state index in [4.69, 9.17) is 5.11 Å². The van der Waals surface area contributed by atoms with Crippen LogP contribution >= 0.6 is 0 Å². The molecule has 0 bridgehead atoms. The van der Waals surface area contributed by atoms with Crippen LogP contribution in [0.15, 0.2) is 36.8 Å². The van der Waals surface area contributed by atoms with E-state index >= 15 is 0 Å². The average molecular weight is 336 g/mol. The summed E-state index contributed by atoms with van der Waals surface area (Å²) in [6.45, 7) is 0. The van der Waals surface area contributed by atoms with Crippen molar-refractivity contribution in [2.45, 2.75) is 31.7 Å². The van der Waals surface area contributed by atoms with Crippen molar-refractivity contribution in [2.75, 3.05) is 0 Å². The second-order valence-corrected chi connectivity index (χ2v) is 6.19. The summed E-state index contributed by atoms with van der Waals surface area (Å²) in [6.07, 6.45) is 8.13. The van der Waals surface area contributed by atoms with Gasteiger partial charge in [-0.1, -0.05) is 12.8 Å². The maximum absolute atomic E-state index is 10.6. The average Bonchev–Trinajstić information content (AvgIpc) is 3.32. The standard InChI is InChI=1S/C18H16N4O3/c19-8-12-10-21(13-3-1-2-4-13)17-6-5-14(7-16(12)17)22-11-15(9-20-22)25-18(23)24/h5-7,9-11,13H,1-4H2,(H,23,24). The molecule has 0 amide bonds. The van der Waals surface area contributed by atoms with Crippen molar-refractivity contribution < 1.29 is 14.6 Å². The molecule has 2 heterocycles. The van der Waals surface area contributed by atoms with Crippen LogP contribution in [0.2, 0.25) is 0 Å². The highest BCUT2D eigenvalue weighted by Crippen LogP contribution is 2.35. The van der Waals surface area contributed by atoms with Gasteiger partial charge < -0.3 is 14.4 Å². The molecule has 25 heavy (non-hydrogen) atoms. The van der Waals surface area contributed by atoms with E-state index in [9.17, 15) is 10.1 Å². The molecule has 1 aliphatic rings. The highest BCUT2D eigenvalue weighted by Gasteiger charge is 2.20. The smallest absolute Gasteiger partial charge is 0.449 e. The number of fused-ring (bicyclic) bond motifs is 1. The SMILES string of the molecule is N#Cc1cn(C2CCCC2)c2ccc(-n3cc(OC(=O)O)cn3)cc12. The summed E-state index contributed by atoms with van der Waals surface area (Å²) in [5.41, 5.74) is 2.42. The molecule has 3 aromatic rings. The number of nitriles is 1. The lowest BCUT2D eigenvalue weighted by Gasteiger charge is -2.13. The van der Waals surface area contributed by atoms with Crippen LogP contribution in [-0.2, 0) is 0 Å². The molecule has 1 saturated carbocycles. The minimum atomic E-state index is -1.38. The van der Waals surface area contributed by atoms with Crippen LogP contribution in [0.1, 0.15) is 37.3 Å². The van der Waals surface area contributed by atoms with Gasteiger partial charge in [0.25, 0.3) is 0 Å². The van der Waals surface area contributed by atoms with Crippen molar-refractivity contribution in [1.82, 2.24) is 14.3 Å². The Kier molecular flexibility index (Phi) is 3.65. The quantitative estimate of drug-likeness (QED) is 0.733. The summed E-state index contributed by atoms with van der Waals surface area (Å²) < 4.78 is 8.35. The van der Waals surface area contributed by atoms with Crippen LogP contribution in [-0.4, -0.2) is 25.6 Å². The number of rotatable bonds is 3. The molecule has 7 heteroatoms. The van der Waals surface area contributed by atoms with E-state index in [2.05, 4.69) is 20.5 Å². The van der Waals surface area contributed by atoms with Crippen LogP contribution in [0.5, 0.6) is 5.75 Å². The van der Waals surface area contributed by atoms with Gasteiger partial charge in [-0.2, -0.15) is 10.4 Å². The Morgan fingerprint density at radius 2 is 2.12 bits per heavy atom. The van der Waals surface area contributed by atoms with Gasteiger partial charge in [-0.05, 0) is 31.0 Å². The monoisotopic (exact) mass is 336 g/mol. The number of nitrogens with zero attached hydrogens (tertiary/aromatic N) is 4. The number of carbonyl (C=O) groups is 1. The summed E-state index contributed by atoms with van der Waals surface area (Å²) in [7, 11) is 0. The van der Waals surface area contributed by atoms with Gasteiger partial charge in [-0.15, -0.1) is 0 Å². The van der Waals surface area contributed by atoms with E-state index in [1.807, 2.05) is 24.4 Å². The number of carboxylic acid groups (broad SMARTS) is 1. The maximum atomic E-state index is 10.6. The van der Waals surface area contributed by atoms with Crippen molar-refractivity contribution in [2.24, 2.45) is 0 Å². The largest absolute Gasteiger partial charge is 0.511 e. The molecule has 1 fully saturated rings. The molecule has 1 aromatic carbocycles. The van der Waals surface area contributed by atoms with Gasteiger partial charge in [0.1, 0.15) is 6.07 Å². The fourth-order valence-electron chi connectivity index (χ4n) is 3.56. The number of hydrogen-bond acceptors (Lipinski definition) is 4. The van der Waals surface area contributed by atoms with Crippen LogP contribution in [0.25, 0.3) is 16.6 Å². The van der Waals surface area contributed by atoms with E-state index in [-0.39, 0.29) is 5.75 Å². The first-order chi connectivity index (χ1) is 12.2. The zero-order valence-electron chi connectivity index (χ0n) is 13.4. The Bertz CT molecular complexity index is 990. The van der Waals surface area contributed by atoms with Crippen molar-refractivity contribution in [3.63, 3.8) is 0 Å². The first-order valence-corrected chi connectivity index (χ1v) is 8.16. The number of benzene rings is 1. The zero-order valence-corrected chi connectivity index (χ0v) is 13.4. The Labute approximate surface area is 143 Å². The summed E-state index contributed by atoms with van der Waals surface area (Å²) in [5, 5.41) is 23.2. The van der Waals surface area contributed by atoms with Crippen LogP contribution < -0.4 is 4.74 Å². The second-order valence-electron chi connectivity index (χ2n) is 6.19. The van der Waals surface area contributed by atoms with Crippen LogP contribution in [0.3, 0.4) is 0 Å². The van der Waals surface area contributed by atoms with Gasteiger partial charge >= 0.3 is 6.16 Å². The van der Waals surface area contributed by atoms with Gasteiger partial charge in [0.2, 0.25) is 0 Å². The molecule has 2 aromatic heterocycles. The lowest BCUT2D eigenvalue weighted by atomic mass is 10.1. The van der Waals surface area contributed by atoms with E-state index in [0.717, 1.165) is 29.4 Å². The molecule has 4 rings (SSSR count). The van der Waals surface area contributed by atoms with E-state index < -0.39 is 6.16 Å². The molecule has 0 radical (unpaired) electrons. The molecule has 7 nitrogen and oxygen atoms in total. The molecular weight excluding hydrogens is 320 g/mol. The number of aromatic nitrogens is 3. The Hall–Kier alpha value is -3.27. The predicted molar refractivity (Wildman–Crippen MR) is 89.9 cm³/mol.